The number of hydrogen-bond acceptors (Lipinski definition) is 9. The number of nitro groups is 2. The third-order valence-electron chi connectivity index (χ3n) is 5.75. The van der Waals surface area contributed by atoms with E-state index in [9.17, 15) is 25.0 Å². The first kappa shape index (κ1) is 23.5. The highest BCUT2D eigenvalue weighted by Crippen LogP contribution is 2.32. The summed E-state index contributed by atoms with van der Waals surface area (Å²) in [5.41, 5.74) is 2.39. The van der Waals surface area contributed by atoms with Crippen molar-refractivity contribution in [1.82, 2.24) is 15.2 Å². The molecule has 1 fully saturated rings. The van der Waals surface area contributed by atoms with Crippen LogP contribution in [0.3, 0.4) is 0 Å². The second-order valence-electron chi connectivity index (χ2n) is 8.26. The molecule has 1 N–H and O–H groups in total. The largest absolute Gasteiger partial charge is 0.351 e. The molecular formula is C22H24N6O5S. The lowest BCUT2D eigenvalue weighted by molar-refractivity contribution is -0.394. The van der Waals surface area contributed by atoms with E-state index in [1.54, 1.807) is 11.3 Å². The number of nitrogens with one attached hydrogen (secondary N) is 1. The van der Waals surface area contributed by atoms with Crippen LogP contribution >= 0.6 is 11.3 Å². The van der Waals surface area contributed by atoms with E-state index in [1.807, 2.05) is 0 Å². The number of hydrogen-bond donors (Lipinski definition) is 1. The second-order valence-corrected chi connectivity index (χ2v) is 9.24. The van der Waals surface area contributed by atoms with Crippen molar-refractivity contribution in [2.45, 2.75) is 13.8 Å². The van der Waals surface area contributed by atoms with Gasteiger partial charge in [0.05, 0.1) is 31.7 Å². The third-order valence-corrected chi connectivity index (χ3v) is 7.02. The van der Waals surface area contributed by atoms with Crippen LogP contribution in [0.2, 0.25) is 0 Å². The Hall–Kier alpha value is -3.64. The Kier molecular flexibility index (Phi) is 6.70. The average molecular weight is 485 g/mol. The molecule has 34 heavy (non-hydrogen) atoms. The summed E-state index contributed by atoms with van der Waals surface area (Å²) < 4.78 is 1.21. The van der Waals surface area contributed by atoms with E-state index in [0.29, 0.717) is 13.1 Å². The molecule has 1 aliphatic heterocycles. The summed E-state index contributed by atoms with van der Waals surface area (Å²) in [6.45, 7) is 8.38. The van der Waals surface area contributed by atoms with E-state index >= 15 is 0 Å². The fourth-order valence-corrected chi connectivity index (χ4v) is 5.10. The van der Waals surface area contributed by atoms with Crippen LogP contribution in [-0.4, -0.2) is 64.9 Å². The number of anilines is 1. The number of rotatable bonds is 7. The van der Waals surface area contributed by atoms with E-state index < -0.39 is 27.1 Å². The number of nitrogens with zero attached hydrogens (tertiary/aromatic N) is 5. The molecule has 2 aromatic carbocycles. The van der Waals surface area contributed by atoms with Gasteiger partial charge in [-0.25, -0.2) is 4.98 Å². The zero-order valence-corrected chi connectivity index (χ0v) is 19.6. The number of aromatic nitrogens is 1. The SMILES string of the molecule is Cc1cc(C)c2sc(N3CCN(CCNC(=O)c4cc([N+](=O)[O-])cc([N+](=O)[O-])c4)CC3)nc2c1. The van der Waals surface area contributed by atoms with Crippen molar-refractivity contribution in [3.63, 3.8) is 0 Å². The zero-order valence-electron chi connectivity index (χ0n) is 18.8. The standard InChI is InChI=1S/C22H24N6O5S/c1-14-9-15(2)20-19(10-14)24-22(34-20)26-7-5-25(6-8-26)4-3-23-21(29)16-11-17(27(30)31)13-18(12-16)28(32)33/h9-13H,3-8H2,1-2H3,(H,23,29). The Morgan fingerprint density at radius 1 is 1.03 bits per heavy atom. The lowest BCUT2D eigenvalue weighted by atomic mass is 10.1. The van der Waals surface area contributed by atoms with Crippen LogP contribution in [0.4, 0.5) is 16.5 Å². The molecule has 0 aliphatic carbocycles. The predicted octanol–water partition coefficient (Wildman–Crippen LogP) is 3.28. The van der Waals surface area contributed by atoms with Crippen LogP contribution < -0.4 is 10.2 Å². The highest BCUT2D eigenvalue weighted by atomic mass is 32.1. The molecule has 0 saturated carbocycles. The lowest BCUT2D eigenvalue weighted by Crippen LogP contribution is -2.48. The van der Waals surface area contributed by atoms with Crippen LogP contribution in [0.1, 0.15) is 21.5 Å². The molecule has 178 valence electrons. The molecule has 3 aromatic rings. The molecule has 1 aromatic heterocycles. The molecule has 0 unspecified atom stereocenters. The maximum Gasteiger partial charge on any atom is 0.277 e. The summed E-state index contributed by atoms with van der Waals surface area (Å²) >= 11 is 1.71. The number of fused-ring (bicyclic) bond motifs is 1. The minimum Gasteiger partial charge on any atom is -0.351 e. The molecule has 11 nitrogen and oxygen atoms in total. The zero-order chi connectivity index (χ0) is 24.4. The fourth-order valence-electron chi connectivity index (χ4n) is 4.03. The molecule has 2 heterocycles. The number of piperazine rings is 1. The first-order chi connectivity index (χ1) is 16.2. The van der Waals surface area contributed by atoms with Gasteiger partial charge in [0.2, 0.25) is 0 Å². The van der Waals surface area contributed by atoms with Gasteiger partial charge in [-0.1, -0.05) is 17.4 Å². The maximum absolute atomic E-state index is 12.4. The molecular weight excluding hydrogens is 460 g/mol. The first-order valence-corrected chi connectivity index (χ1v) is 11.6. The normalized spacial score (nSPS) is 14.4. The van der Waals surface area contributed by atoms with Crippen molar-refractivity contribution >= 4 is 44.0 Å². The van der Waals surface area contributed by atoms with Crippen molar-refractivity contribution in [1.29, 1.82) is 0 Å². The summed E-state index contributed by atoms with van der Waals surface area (Å²) in [6, 6.07) is 7.20. The molecule has 1 amide bonds. The van der Waals surface area contributed by atoms with E-state index in [2.05, 4.69) is 41.1 Å². The minimum atomic E-state index is -0.753. The summed E-state index contributed by atoms with van der Waals surface area (Å²) in [4.78, 5) is 42.3. The van der Waals surface area contributed by atoms with Gasteiger partial charge < -0.3 is 10.2 Å². The number of amides is 1. The van der Waals surface area contributed by atoms with E-state index in [1.165, 1.54) is 15.8 Å². The van der Waals surface area contributed by atoms with Crippen LogP contribution in [0, 0.1) is 34.1 Å². The fraction of sp³-hybridized carbons (Fsp3) is 0.364. The Bertz CT molecular complexity index is 1240. The number of benzene rings is 2. The number of non-ortho nitro benzene ring substituents is 2. The highest BCUT2D eigenvalue weighted by molar-refractivity contribution is 7.22. The van der Waals surface area contributed by atoms with Gasteiger partial charge in [-0.05, 0) is 31.0 Å². The lowest BCUT2D eigenvalue weighted by Gasteiger charge is -2.34. The predicted molar refractivity (Wildman–Crippen MR) is 130 cm³/mol. The van der Waals surface area contributed by atoms with Crippen molar-refractivity contribution < 1.29 is 14.6 Å². The molecule has 1 aliphatic rings. The van der Waals surface area contributed by atoms with Crippen molar-refractivity contribution in [2.24, 2.45) is 0 Å². The van der Waals surface area contributed by atoms with Crippen molar-refractivity contribution in [3.8, 4) is 0 Å². The third kappa shape index (κ3) is 5.13. The van der Waals surface area contributed by atoms with E-state index in [-0.39, 0.29) is 5.56 Å². The molecule has 4 rings (SSSR count). The Morgan fingerprint density at radius 2 is 1.68 bits per heavy atom. The first-order valence-electron chi connectivity index (χ1n) is 10.8. The van der Waals surface area contributed by atoms with Gasteiger partial charge in [0.1, 0.15) is 0 Å². The number of carbonyl (C=O) groups is 1. The van der Waals surface area contributed by atoms with Crippen LogP contribution in [0.15, 0.2) is 30.3 Å². The summed E-state index contributed by atoms with van der Waals surface area (Å²) in [5.74, 6) is -0.578. The quantitative estimate of drug-likeness (QED) is 0.399. The molecule has 1 saturated heterocycles. The molecule has 0 atom stereocenters. The Morgan fingerprint density at radius 3 is 2.29 bits per heavy atom. The number of carbonyl (C=O) groups excluding carboxylic acids is 1. The van der Waals surface area contributed by atoms with Gasteiger partial charge in [0, 0.05) is 51.4 Å². The maximum atomic E-state index is 12.4. The number of nitro benzene ring substituents is 2. The summed E-state index contributed by atoms with van der Waals surface area (Å²) in [6.07, 6.45) is 0. The monoisotopic (exact) mass is 484 g/mol. The van der Waals surface area contributed by atoms with Crippen LogP contribution in [-0.2, 0) is 0 Å². The van der Waals surface area contributed by atoms with Gasteiger partial charge in [-0.3, -0.25) is 29.9 Å². The summed E-state index contributed by atoms with van der Waals surface area (Å²) in [7, 11) is 0. The average Bonchev–Trinajstić information content (AvgIpc) is 3.23. The van der Waals surface area contributed by atoms with Gasteiger partial charge in [-0.15, -0.1) is 0 Å². The van der Waals surface area contributed by atoms with E-state index in [4.69, 9.17) is 4.98 Å². The minimum absolute atomic E-state index is 0.105. The van der Waals surface area contributed by atoms with Gasteiger partial charge in [0.15, 0.2) is 5.13 Å². The number of thiazole rings is 1. The molecule has 12 heteroatoms. The Labute approximate surface area is 199 Å². The van der Waals surface area contributed by atoms with Gasteiger partial charge >= 0.3 is 0 Å². The van der Waals surface area contributed by atoms with Crippen LogP contribution in [0.25, 0.3) is 10.2 Å². The topological polar surface area (TPSA) is 135 Å². The van der Waals surface area contributed by atoms with Gasteiger partial charge in [0.25, 0.3) is 17.3 Å². The van der Waals surface area contributed by atoms with Crippen LogP contribution in [0.5, 0.6) is 0 Å². The second kappa shape index (κ2) is 9.69. The molecule has 0 radical (unpaired) electrons. The highest BCUT2D eigenvalue weighted by Gasteiger charge is 2.22. The smallest absolute Gasteiger partial charge is 0.277 e. The summed E-state index contributed by atoms with van der Waals surface area (Å²) in [5, 5.41) is 25.8. The van der Waals surface area contributed by atoms with Gasteiger partial charge in [-0.2, -0.15) is 0 Å². The molecule has 0 spiro atoms. The van der Waals surface area contributed by atoms with Crippen molar-refractivity contribution in [2.75, 3.05) is 44.2 Å². The van der Waals surface area contributed by atoms with E-state index in [0.717, 1.165) is 55.0 Å². The Balaban J connectivity index is 1.30. The molecule has 0 bridgehead atoms. The van der Waals surface area contributed by atoms with Crippen molar-refractivity contribution in [3.05, 3.63) is 67.3 Å². The number of aryl methyl sites for hydroxylation is 2.